The smallest absolute Gasteiger partial charge is 0.392 e. The van der Waals surface area contributed by atoms with Gasteiger partial charge in [0.15, 0.2) is 0 Å². The summed E-state index contributed by atoms with van der Waals surface area (Å²) < 4.78 is 40.2. The van der Waals surface area contributed by atoms with Crippen LogP contribution in [-0.2, 0) is 31.6 Å². The van der Waals surface area contributed by atoms with E-state index >= 15 is 0 Å². The first-order valence-electron chi connectivity index (χ1n) is 11.3. The van der Waals surface area contributed by atoms with Gasteiger partial charge in [-0.3, -0.25) is 0 Å². The maximum absolute atomic E-state index is 6.10. The minimum absolute atomic E-state index is 0.610. The van der Waals surface area contributed by atoms with E-state index in [1.165, 1.54) is 0 Å². The van der Waals surface area contributed by atoms with Crippen LogP contribution < -0.4 is 5.19 Å². The molecule has 0 bridgehead atoms. The van der Waals surface area contributed by atoms with Crippen LogP contribution in [0.1, 0.15) is 47.0 Å². The molecular weight excluding hydrogens is 432 g/mol. The van der Waals surface area contributed by atoms with E-state index < -0.39 is 22.8 Å². The highest BCUT2D eigenvalue weighted by Crippen LogP contribution is 2.41. The van der Waals surface area contributed by atoms with Crippen LogP contribution in [0.15, 0.2) is 30.3 Å². The number of hydrogen-bond acceptors (Lipinski definition) is 7. The summed E-state index contributed by atoms with van der Waals surface area (Å²) in [6.07, 6.45) is 3.16. The summed E-state index contributed by atoms with van der Waals surface area (Å²) in [6, 6.07) is 10.7. The van der Waals surface area contributed by atoms with Gasteiger partial charge in [-0.15, -0.1) is 0 Å². The molecular formula is C22H42O7Si2. The predicted molar refractivity (Wildman–Crippen MR) is 127 cm³/mol. The van der Waals surface area contributed by atoms with Gasteiger partial charge in [0.05, 0.1) is 0 Å². The van der Waals surface area contributed by atoms with Crippen molar-refractivity contribution in [2.45, 2.75) is 58.4 Å². The maximum atomic E-state index is 6.10. The van der Waals surface area contributed by atoms with E-state index in [9.17, 15) is 0 Å². The molecule has 1 aromatic rings. The fourth-order valence-corrected chi connectivity index (χ4v) is 10.0. The molecule has 1 heterocycles. The lowest BCUT2D eigenvalue weighted by molar-refractivity contribution is -0.211. The van der Waals surface area contributed by atoms with Gasteiger partial charge in [0, 0.05) is 59.4 Å². The third kappa shape index (κ3) is 6.93. The van der Waals surface area contributed by atoms with Gasteiger partial charge in [-0.2, -0.15) is 0 Å². The van der Waals surface area contributed by atoms with Gasteiger partial charge < -0.3 is 31.6 Å². The molecule has 0 aliphatic carbocycles. The first-order valence-corrected chi connectivity index (χ1v) is 15.0. The predicted octanol–water partition coefficient (Wildman–Crippen LogP) is 3.77. The minimum Gasteiger partial charge on any atom is -0.392 e. The molecule has 0 N–H and O–H groups in total. The fraction of sp³-hybridized carbons (Fsp3) is 0.727. The van der Waals surface area contributed by atoms with Gasteiger partial charge in [0.1, 0.15) is 0 Å². The highest BCUT2D eigenvalue weighted by molar-refractivity contribution is 6.75. The molecule has 1 aliphatic rings. The molecule has 0 atom stereocenters. The minimum atomic E-state index is -2.59. The Labute approximate surface area is 190 Å². The van der Waals surface area contributed by atoms with Gasteiger partial charge in [0.2, 0.25) is 5.41 Å². The molecule has 9 heteroatoms. The lowest BCUT2D eigenvalue weighted by Crippen LogP contribution is -2.67. The highest BCUT2D eigenvalue weighted by atomic mass is 28.4. The van der Waals surface area contributed by atoms with Crippen molar-refractivity contribution in [2.75, 3.05) is 47.8 Å². The van der Waals surface area contributed by atoms with Crippen molar-refractivity contribution in [1.29, 1.82) is 0 Å². The molecule has 31 heavy (non-hydrogen) atoms. The second kappa shape index (κ2) is 14.5. The quantitative estimate of drug-likeness (QED) is 0.337. The second-order valence-electron chi connectivity index (χ2n) is 6.98. The van der Waals surface area contributed by atoms with E-state index in [1.807, 2.05) is 58.0 Å². The van der Waals surface area contributed by atoms with Crippen molar-refractivity contribution in [2.24, 2.45) is 0 Å². The number of hydrogen-bond donors (Lipinski definition) is 0. The van der Waals surface area contributed by atoms with Crippen molar-refractivity contribution >= 4 is 22.6 Å². The number of benzene rings is 1. The summed E-state index contributed by atoms with van der Waals surface area (Å²) in [5.41, 5.74) is -0.610. The van der Waals surface area contributed by atoms with Crippen LogP contribution in [0.3, 0.4) is 0 Å². The van der Waals surface area contributed by atoms with E-state index in [-0.39, 0.29) is 0 Å². The molecule has 0 aromatic heterocycles. The van der Waals surface area contributed by atoms with Crippen LogP contribution in [-0.4, -0.2) is 70.5 Å². The van der Waals surface area contributed by atoms with Crippen molar-refractivity contribution in [3.63, 3.8) is 0 Å². The average Bonchev–Trinajstić information content (AvgIpc) is 2.79. The molecule has 180 valence electrons. The third-order valence-corrected chi connectivity index (χ3v) is 12.2. The topological polar surface area (TPSA) is 64.6 Å². The Hall–Kier alpha value is -0.626. The van der Waals surface area contributed by atoms with Crippen LogP contribution in [0.4, 0.5) is 0 Å². The van der Waals surface area contributed by atoms with Gasteiger partial charge in [-0.1, -0.05) is 36.8 Å². The average molecular weight is 475 g/mol. The molecule has 1 fully saturated rings. The highest BCUT2D eigenvalue weighted by Gasteiger charge is 2.61. The fourth-order valence-electron chi connectivity index (χ4n) is 4.09. The summed E-state index contributed by atoms with van der Waals surface area (Å²) in [4.78, 5) is 0. The summed E-state index contributed by atoms with van der Waals surface area (Å²) in [7, 11) is -0.232. The van der Waals surface area contributed by atoms with Crippen molar-refractivity contribution in [3.8, 4) is 0 Å². The van der Waals surface area contributed by atoms with E-state index in [0.29, 0.717) is 26.4 Å². The molecule has 7 nitrogen and oxygen atoms in total. The molecule has 0 radical (unpaired) electrons. The zero-order valence-electron chi connectivity index (χ0n) is 20.4. The zero-order valence-corrected chi connectivity index (χ0v) is 22.4. The van der Waals surface area contributed by atoms with Crippen molar-refractivity contribution < 1.29 is 31.6 Å². The molecule has 0 saturated carbocycles. The Morgan fingerprint density at radius 1 is 0.774 bits per heavy atom. The lowest BCUT2D eigenvalue weighted by atomic mass is 10.2. The summed E-state index contributed by atoms with van der Waals surface area (Å²) in [5, 5.41) is 0.975. The first kappa shape index (κ1) is 28.4. The van der Waals surface area contributed by atoms with Crippen molar-refractivity contribution in [1.82, 2.24) is 0 Å². The lowest BCUT2D eigenvalue weighted by Gasteiger charge is -2.48. The van der Waals surface area contributed by atoms with Crippen LogP contribution in [0.25, 0.3) is 0 Å². The molecule has 0 amide bonds. The van der Waals surface area contributed by atoms with E-state index in [1.54, 1.807) is 21.3 Å². The molecule has 1 saturated heterocycles. The summed E-state index contributed by atoms with van der Waals surface area (Å²) >= 11 is 0. The zero-order chi connectivity index (χ0) is 23.2. The normalized spacial score (nSPS) is 17.6. The van der Waals surface area contributed by atoms with Gasteiger partial charge >= 0.3 is 17.4 Å². The number of rotatable bonds is 12. The largest absolute Gasteiger partial charge is 0.536 e. The molecule has 2 rings (SSSR count). The SMILES string of the molecule is CCOC1(OCC)CCCC[Si]1(OCC)OCC.CO[Si](OC)(OC)c1ccccc1. The van der Waals surface area contributed by atoms with Crippen LogP contribution in [0, 0.1) is 0 Å². The first-order chi connectivity index (χ1) is 15.0. The van der Waals surface area contributed by atoms with Gasteiger partial charge in [-0.25, -0.2) is 0 Å². The second-order valence-corrected chi connectivity index (χ2v) is 13.2. The maximum Gasteiger partial charge on any atom is 0.536 e. The van der Waals surface area contributed by atoms with Crippen molar-refractivity contribution in [3.05, 3.63) is 30.3 Å². The Morgan fingerprint density at radius 2 is 1.29 bits per heavy atom. The van der Waals surface area contributed by atoms with E-state index in [4.69, 9.17) is 31.6 Å². The Balaban J connectivity index is 0.000000327. The monoisotopic (exact) mass is 474 g/mol. The van der Waals surface area contributed by atoms with E-state index in [0.717, 1.165) is 30.5 Å². The van der Waals surface area contributed by atoms with Crippen LogP contribution in [0.2, 0.25) is 6.04 Å². The van der Waals surface area contributed by atoms with Gasteiger partial charge in [0.25, 0.3) is 0 Å². The molecule has 1 aliphatic heterocycles. The Kier molecular flexibility index (Phi) is 13.3. The Bertz CT molecular complexity index is 529. The molecule has 1 aromatic carbocycles. The van der Waals surface area contributed by atoms with E-state index in [2.05, 4.69) is 0 Å². The molecule has 0 unspecified atom stereocenters. The standard InChI is InChI=1S/C13H28O4Si.C9H14O3Si/c1-5-14-13(15-6-2)11-9-10-12-18(13,16-7-3)17-8-4;1-10-13(11-2,12-3)9-7-5-4-6-8-9/h5-12H2,1-4H3;4-8H,1-3H3. The summed E-state index contributed by atoms with van der Waals surface area (Å²) in [5.74, 6) is 0. The molecule has 0 spiro atoms. The summed E-state index contributed by atoms with van der Waals surface area (Å²) in [6.45, 7) is 10.6. The number of ether oxygens (including phenoxy) is 2. The van der Waals surface area contributed by atoms with Gasteiger partial charge in [-0.05, 0) is 40.2 Å². The Morgan fingerprint density at radius 3 is 1.71 bits per heavy atom. The van der Waals surface area contributed by atoms with Crippen LogP contribution in [0.5, 0.6) is 0 Å². The van der Waals surface area contributed by atoms with Crippen LogP contribution >= 0.6 is 0 Å². The third-order valence-electron chi connectivity index (χ3n) is 5.29.